The summed E-state index contributed by atoms with van der Waals surface area (Å²) in [6.45, 7) is 2.76. The minimum absolute atomic E-state index is 0.0390. The highest BCUT2D eigenvalue weighted by molar-refractivity contribution is 7.90. The quantitative estimate of drug-likeness (QED) is 0.219. The Morgan fingerprint density at radius 1 is 0.923 bits per heavy atom. The monoisotopic (exact) mass is 396 g/mol. The van der Waals surface area contributed by atoms with Gasteiger partial charge in [0.25, 0.3) is 0 Å². The minimum Gasteiger partial charge on any atom is -0.481 e. The zero-order chi connectivity index (χ0) is 20.0. The van der Waals surface area contributed by atoms with Crippen molar-refractivity contribution in [1.82, 2.24) is 10.0 Å². The van der Waals surface area contributed by atoms with Gasteiger partial charge in [0.2, 0.25) is 21.8 Å². The Labute approximate surface area is 151 Å². The van der Waals surface area contributed by atoms with E-state index in [-0.39, 0.29) is 32.0 Å². The van der Waals surface area contributed by atoms with Crippen LogP contribution in [-0.4, -0.2) is 75.8 Å². The van der Waals surface area contributed by atoms with Crippen LogP contribution in [0.15, 0.2) is 0 Å². The van der Waals surface area contributed by atoms with Gasteiger partial charge in [-0.05, 0) is 6.92 Å². The summed E-state index contributed by atoms with van der Waals surface area (Å²) in [4.78, 5) is 43.5. The average molecular weight is 396 g/mol. The lowest BCUT2D eigenvalue weighted by molar-refractivity contribution is -0.140. The summed E-state index contributed by atoms with van der Waals surface area (Å²) in [5.41, 5.74) is 0. The Kier molecular flexibility index (Phi) is 12.2. The predicted octanol–water partition coefficient (Wildman–Crippen LogP) is -1.57. The van der Waals surface area contributed by atoms with Crippen molar-refractivity contribution >= 4 is 33.6 Å². The summed E-state index contributed by atoms with van der Waals surface area (Å²) in [5, 5.41) is 10.8. The van der Waals surface area contributed by atoms with Crippen molar-refractivity contribution in [1.29, 1.82) is 0 Å². The third-order valence-corrected chi connectivity index (χ3v) is 4.00. The van der Waals surface area contributed by atoms with Crippen LogP contribution < -0.4 is 10.0 Å². The van der Waals surface area contributed by atoms with E-state index in [1.54, 1.807) is 4.72 Å². The normalized spacial score (nSPS) is 11.0. The van der Waals surface area contributed by atoms with Crippen molar-refractivity contribution in [3.05, 3.63) is 0 Å². The summed E-state index contributed by atoms with van der Waals surface area (Å²) < 4.78 is 34.9. The number of hydrogen-bond acceptors (Lipinski definition) is 8. The molecule has 12 heteroatoms. The number of amides is 2. The van der Waals surface area contributed by atoms with Crippen LogP contribution in [0.4, 0.5) is 0 Å². The van der Waals surface area contributed by atoms with Crippen molar-refractivity contribution in [2.75, 3.05) is 38.7 Å². The maximum absolute atomic E-state index is 11.5. The van der Waals surface area contributed by atoms with Gasteiger partial charge in [-0.3, -0.25) is 23.9 Å². The van der Waals surface area contributed by atoms with Crippen LogP contribution in [0.3, 0.4) is 0 Å². The van der Waals surface area contributed by atoms with E-state index < -0.39 is 40.0 Å². The lowest BCUT2D eigenvalue weighted by Crippen LogP contribution is -2.36. The van der Waals surface area contributed by atoms with Gasteiger partial charge in [0.05, 0.1) is 32.2 Å². The van der Waals surface area contributed by atoms with E-state index in [9.17, 15) is 27.6 Å². The second-order valence-electron chi connectivity index (χ2n) is 5.19. The van der Waals surface area contributed by atoms with Crippen LogP contribution in [0.5, 0.6) is 0 Å². The van der Waals surface area contributed by atoms with E-state index in [0.29, 0.717) is 19.6 Å². The molecule has 0 spiro atoms. The molecule has 0 aromatic rings. The number of rotatable bonds is 15. The molecular weight excluding hydrogens is 372 g/mol. The molecule has 0 fully saturated rings. The van der Waals surface area contributed by atoms with Gasteiger partial charge in [-0.15, -0.1) is 0 Å². The molecule has 0 radical (unpaired) electrons. The SMILES string of the molecule is CC(=O)CCOCCOCCNC(=O)CCS(=O)(=O)NC(=O)CC(=O)O. The first kappa shape index (κ1) is 23.9. The van der Waals surface area contributed by atoms with Gasteiger partial charge in [-0.1, -0.05) is 0 Å². The van der Waals surface area contributed by atoms with Crippen molar-refractivity contribution in [3.8, 4) is 0 Å². The van der Waals surface area contributed by atoms with Gasteiger partial charge in [-0.2, -0.15) is 0 Å². The van der Waals surface area contributed by atoms with Gasteiger partial charge in [-0.25, -0.2) is 8.42 Å². The smallest absolute Gasteiger partial charge is 0.312 e. The average Bonchev–Trinajstić information content (AvgIpc) is 2.49. The van der Waals surface area contributed by atoms with Crippen LogP contribution in [0.25, 0.3) is 0 Å². The highest BCUT2D eigenvalue weighted by Crippen LogP contribution is 1.92. The van der Waals surface area contributed by atoms with E-state index in [0.717, 1.165) is 0 Å². The molecule has 0 aliphatic rings. The fraction of sp³-hybridized carbons (Fsp3) is 0.714. The zero-order valence-electron chi connectivity index (χ0n) is 14.5. The molecule has 2 amide bonds. The van der Waals surface area contributed by atoms with Gasteiger partial charge in [0.1, 0.15) is 12.2 Å². The number of ketones is 1. The molecule has 0 bridgehead atoms. The highest BCUT2D eigenvalue weighted by atomic mass is 32.2. The molecule has 0 atom stereocenters. The van der Waals surface area contributed by atoms with E-state index in [1.807, 2.05) is 0 Å². The number of carboxylic acids is 1. The Morgan fingerprint density at radius 3 is 2.12 bits per heavy atom. The predicted molar refractivity (Wildman–Crippen MR) is 88.7 cm³/mol. The van der Waals surface area contributed by atoms with Crippen LogP contribution >= 0.6 is 0 Å². The van der Waals surface area contributed by atoms with Gasteiger partial charge < -0.3 is 19.9 Å². The Balaban J connectivity index is 3.72. The van der Waals surface area contributed by atoms with E-state index in [1.165, 1.54) is 6.92 Å². The molecule has 0 heterocycles. The Hall–Kier alpha value is -2.05. The summed E-state index contributed by atoms with van der Waals surface area (Å²) in [6, 6.07) is 0. The molecule has 150 valence electrons. The molecule has 26 heavy (non-hydrogen) atoms. The zero-order valence-corrected chi connectivity index (χ0v) is 15.3. The highest BCUT2D eigenvalue weighted by Gasteiger charge is 2.18. The van der Waals surface area contributed by atoms with Crippen molar-refractivity contribution in [2.24, 2.45) is 0 Å². The standard InChI is InChI=1S/C14H24N2O9S/c1-11(17)2-5-24-7-8-25-6-4-15-12(18)3-9-26(22,23)16-13(19)10-14(20)21/h2-10H2,1H3,(H,15,18)(H,16,19)(H,20,21). The Morgan fingerprint density at radius 2 is 1.54 bits per heavy atom. The number of carbonyl (C=O) groups excluding carboxylic acids is 3. The molecule has 0 aromatic carbocycles. The fourth-order valence-electron chi connectivity index (χ4n) is 1.51. The number of nitrogens with one attached hydrogen (secondary N) is 2. The van der Waals surface area contributed by atoms with Crippen LogP contribution in [0.1, 0.15) is 26.2 Å². The van der Waals surface area contributed by atoms with Gasteiger partial charge in [0.15, 0.2) is 0 Å². The number of sulfonamides is 1. The van der Waals surface area contributed by atoms with Crippen molar-refractivity contribution in [2.45, 2.75) is 26.2 Å². The largest absolute Gasteiger partial charge is 0.481 e. The Bertz CT molecular complexity index is 589. The summed E-state index contributed by atoms with van der Waals surface area (Å²) in [5.74, 6) is -3.79. The second-order valence-corrected chi connectivity index (χ2v) is 7.03. The molecule has 0 unspecified atom stereocenters. The number of Topliss-reactive ketones (excluding diaryl/α,β-unsaturated/α-hetero) is 1. The number of carbonyl (C=O) groups is 4. The lowest BCUT2D eigenvalue weighted by atomic mass is 10.3. The lowest BCUT2D eigenvalue weighted by Gasteiger charge is -2.08. The first-order valence-corrected chi connectivity index (χ1v) is 9.44. The number of hydrogen-bond donors (Lipinski definition) is 3. The molecule has 0 saturated carbocycles. The molecule has 0 aliphatic heterocycles. The van der Waals surface area contributed by atoms with Crippen LogP contribution in [0, 0.1) is 0 Å². The summed E-state index contributed by atoms with van der Waals surface area (Å²) >= 11 is 0. The summed E-state index contributed by atoms with van der Waals surface area (Å²) in [7, 11) is -4.07. The molecule has 3 N–H and O–H groups in total. The number of ether oxygens (including phenoxy) is 2. The number of carboxylic acid groups (broad SMARTS) is 1. The maximum atomic E-state index is 11.5. The van der Waals surface area contributed by atoms with Crippen molar-refractivity contribution in [3.63, 3.8) is 0 Å². The topological polar surface area (TPSA) is 165 Å². The molecule has 0 aliphatic carbocycles. The molecule has 0 rings (SSSR count). The van der Waals surface area contributed by atoms with E-state index >= 15 is 0 Å². The van der Waals surface area contributed by atoms with E-state index in [2.05, 4.69) is 5.32 Å². The van der Waals surface area contributed by atoms with Gasteiger partial charge >= 0.3 is 5.97 Å². The molecule has 0 saturated heterocycles. The van der Waals surface area contributed by atoms with Crippen LogP contribution in [-0.2, 0) is 38.7 Å². The van der Waals surface area contributed by atoms with Gasteiger partial charge in [0, 0.05) is 19.4 Å². The maximum Gasteiger partial charge on any atom is 0.312 e. The summed E-state index contributed by atoms with van der Waals surface area (Å²) in [6.07, 6.45) is -1.01. The van der Waals surface area contributed by atoms with Crippen LogP contribution in [0.2, 0.25) is 0 Å². The van der Waals surface area contributed by atoms with E-state index in [4.69, 9.17) is 14.6 Å². The molecular formula is C14H24N2O9S. The molecule has 11 nitrogen and oxygen atoms in total. The second kappa shape index (κ2) is 13.2. The third kappa shape index (κ3) is 15.5. The van der Waals surface area contributed by atoms with Crippen molar-refractivity contribution < 1.29 is 42.2 Å². The minimum atomic E-state index is -4.07. The number of aliphatic carboxylic acids is 1. The molecule has 0 aromatic heterocycles. The fourth-order valence-corrected chi connectivity index (χ4v) is 2.49. The first-order chi connectivity index (χ1) is 12.1. The third-order valence-electron chi connectivity index (χ3n) is 2.72. The first-order valence-electron chi connectivity index (χ1n) is 7.79.